The lowest BCUT2D eigenvalue weighted by Crippen LogP contribution is -2.48. The van der Waals surface area contributed by atoms with Gasteiger partial charge >= 0.3 is 0 Å². The van der Waals surface area contributed by atoms with Crippen LogP contribution in [0, 0.1) is 28.6 Å². The van der Waals surface area contributed by atoms with Gasteiger partial charge in [0.05, 0.1) is 0 Å². The molecule has 2 heteroatoms. The van der Waals surface area contributed by atoms with Crippen LogP contribution in [-0.4, -0.2) is 16.0 Å². The van der Waals surface area contributed by atoms with Gasteiger partial charge in [0.25, 0.3) is 0 Å². The van der Waals surface area contributed by atoms with Crippen molar-refractivity contribution in [3.05, 3.63) is 23.3 Å². The van der Waals surface area contributed by atoms with Crippen molar-refractivity contribution in [2.75, 3.05) is 0 Å². The Balaban J connectivity index is 1.71. The Kier molecular flexibility index (Phi) is 3.42. The Hall–Kier alpha value is -0.600. The van der Waals surface area contributed by atoms with Crippen molar-refractivity contribution in [3.63, 3.8) is 0 Å². The summed E-state index contributed by atoms with van der Waals surface area (Å²) in [6, 6.07) is 0. The van der Waals surface area contributed by atoms with E-state index in [0.29, 0.717) is 24.2 Å². The summed E-state index contributed by atoms with van der Waals surface area (Å²) in [4.78, 5) is 0. The highest BCUT2D eigenvalue weighted by Crippen LogP contribution is 2.65. The van der Waals surface area contributed by atoms with Crippen LogP contribution in [-0.2, 0) is 0 Å². The molecule has 2 nitrogen and oxygen atoms in total. The van der Waals surface area contributed by atoms with Gasteiger partial charge in [-0.05, 0) is 60.7 Å². The molecule has 0 aromatic heterocycles. The van der Waals surface area contributed by atoms with Gasteiger partial charge in [-0.15, -0.1) is 0 Å². The molecule has 0 heterocycles. The summed E-state index contributed by atoms with van der Waals surface area (Å²) in [7, 11) is 0. The zero-order valence-corrected chi connectivity index (χ0v) is 14.9. The minimum atomic E-state index is -1.49. The summed E-state index contributed by atoms with van der Waals surface area (Å²) < 4.78 is 0. The van der Waals surface area contributed by atoms with Crippen LogP contribution in [0.4, 0.5) is 0 Å². The lowest BCUT2D eigenvalue weighted by Gasteiger charge is -2.55. The highest BCUT2D eigenvalue weighted by atomic mass is 16.5. The van der Waals surface area contributed by atoms with Crippen LogP contribution in [0.5, 0.6) is 0 Å². The molecular formula is C21H32O2. The monoisotopic (exact) mass is 316 g/mol. The third-order valence-corrected chi connectivity index (χ3v) is 8.30. The predicted molar refractivity (Wildman–Crippen MR) is 92.6 cm³/mol. The maximum absolute atomic E-state index is 10.1. The molecule has 5 atom stereocenters. The molecule has 3 saturated carbocycles. The molecule has 0 saturated heterocycles. The molecule has 128 valence electrons. The van der Waals surface area contributed by atoms with E-state index in [0.717, 1.165) is 18.3 Å². The third-order valence-electron chi connectivity index (χ3n) is 8.30. The molecule has 0 aromatic rings. The van der Waals surface area contributed by atoms with E-state index < -0.39 is 5.79 Å². The number of rotatable bonds is 1. The average molecular weight is 316 g/mol. The second kappa shape index (κ2) is 4.95. The molecule has 0 aromatic carbocycles. The summed E-state index contributed by atoms with van der Waals surface area (Å²) in [6.07, 6.45) is 13.2. The van der Waals surface area contributed by atoms with E-state index in [-0.39, 0.29) is 5.41 Å². The largest absolute Gasteiger partial charge is 0.365 e. The molecule has 4 aliphatic rings. The van der Waals surface area contributed by atoms with E-state index in [2.05, 4.69) is 32.9 Å². The van der Waals surface area contributed by atoms with E-state index in [9.17, 15) is 10.2 Å². The van der Waals surface area contributed by atoms with Crippen molar-refractivity contribution < 1.29 is 10.2 Å². The summed E-state index contributed by atoms with van der Waals surface area (Å²) in [5.41, 5.74) is 3.64. The van der Waals surface area contributed by atoms with Gasteiger partial charge in [-0.3, -0.25) is 0 Å². The predicted octanol–water partition coefficient (Wildman–Crippen LogP) is 4.58. The highest BCUT2D eigenvalue weighted by Gasteiger charge is 2.56. The van der Waals surface area contributed by atoms with Gasteiger partial charge in [-0.2, -0.15) is 0 Å². The molecule has 3 fully saturated rings. The second-order valence-electron chi connectivity index (χ2n) is 9.27. The number of hydrogen-bond acceptors (Lipinski definition) is 2. The Bertz CT molecular complexity index is 572. The first-order valence-electron chi connectivity index (χ1n) is 9.66. The fourth-order valence-corrected chi connectivity index (χ4v) is 6.75. The smallest absolute Gasteiger partial charge is 0.166 e. The van der Waals surface area contributed by atoms with Crippen LogP contribution in [0.25, 0.3) is 0 Å². The quantitative estimate of drug-likeness (QED) is 0.695. The van der Waals surface area contributed by atoms with E-state index >= 15 is 0 Å². The lowest BCUT2D eigenvalue weighted by molar-refractivity contribution is -0.183. The molecule has 4 aliphatic carbocycles. The Morgan fingerprint density at radius 1 is 1.00 bits per heavy atom. The van der Waals surface area contributed by atoms with Gasteiger partial charge in [0, 0.05) is 12.8 Å². The minimum Gasteiger partial charge on any atom is -0.365 e. The van der Waals surface area contributed by atoms with E-state index in [4.69, 9.17) is 0 Å². The Labute approximate surface area is 140 Å². The molecule has 4 rings (SSSR count). The van der Waals surface area contributed by atoms with Crippen LogP contribution in [0.3, 0.4) is 0 Å². The first-order chi connectivity index (χ1) is 10.8. The lowest BCUT2D eigenvalue weighted by atomic mass is 9.50. The topological polar surface area (TPSA) is 40.5 Å². The van der Waals surface area contributed by atoms with Crippen molar-refractivity contribution in [3.8, 4) is 0 Å². The molecule has 0 amide bonds. The zero-order valence-electron chi connectivity index (χ0n) is 14.9. The van der Waals surface area contributed by atoms with Gasteiger partial charge in [-0.1, -0.05) is 50.5 Å². The molecule has 0 spiro atoms. The average Bonchev–Trinajstić information content (AvgIpc) is 2.84. The van der Waals surface area contributed by atoms with Crippen LogP contribution < -0.4 is 0 Å². The van der Waals surface area contributed by atoms with Crippen molar-refractivity contribution in [1.82, 2.24) is 0 Å². The van der Waals surface area contributed by atoms with Gasteiger partial charge in [0.15, 0.2) is 5.79 Å². The Morgan fingerprint density at radius 2 is 1.78 bits per heavy atom. The fourth-order valence-electron chi connectivity index (χ4n) is 6.75. The summed E-state index contributed by atoms with van der Waals surface area (Å²) >= 11 is 0. The molecule has 0 unspecified atom stereocenters. The molecule has 2 N–H and O–H groups in total. The maximum atomic E-state index is 10.1. The summed E-state index contributed by atoms with van der Waals surface area (Å²) in [6.45, 7) is 7.30. The third kappa shape index (κ3) is 2.14. The van der Waals surface area contributed by atoms with Crippen molar-refractivity contribution in [2.24, 2.45) is 28.6 Å². The second-order valence-corrected chi connectivity index (χ2v) is 9.27. The van der Waals surface area contributed by atoms with Gasteiger partial charge < -0.3 is 10.2 Å². The molecule has 0 radical (unpaired) electrons. The molecule has 0 bridgehead atoms. The van der Waals surface area contributed by atoms with E-state index in [1.807, 2.05) is 0 Å². The number of allylic oxidation sites excluding steroid dienone is 3. The highest BCUT2D eigenvalue weighted by molar-refractivity contribution is 5.39. The summed E-state index contributed by atoms with van der Waals surface area (Å²) in [5.74, 6) is 0.796. The molecular weight excluding hydrogens is 284 g/mol. The van der Waals surface area contributed by atoms with Gasteiger partial charge in [-0.25, -0.2) is 0 Å². The van der Waals surface area contributed by atoms with Crippen LogP contribution in [0.2, 0.25) is 0 Å². The minimum absolute atomic E-state index is 0.157. The number of aliphatic hydroxyl groups is 2. The van der Waals surface area contributed by atoms with Crippen LogP contribution in [0.1, 0.15) is 72.1 Å². The first-order valence-corrected chi connectivity index (χ1v) is 9.66. The van der Waals surface area contributed by atoms with Crippen molar-refractivity contribution >= 4 is 0 Å². The van der Waals surface area contributed by atoms with Gasteiger partial charge in [0.2, 0.25) is 0 Å². The first kappa shape index (κ1) is 15.9. The standard InChI is InChI=1S/C21H32O2/c1-4-14-6-8-17-16-7-5-15-13-21(22,23)12-11-20(15,3)18(16)9-10-19(14,17)2/h5,7,14,17-18,22-23H,4,6,8-13H2,1-3H3/t14-,17-,18-,19+,20-/m0/s1. The molecule has 23 heavy (non-hydrogen) atoms. The van der Waals surface area contributed by atoms with Gasteiger partial charge in [0.1, 0.15) is 0 Å². The Morgan fingerprint density at radius 3 is 2.52 bits per heavy atom. The van der Waals surface area contributed by atoms with Crippen LogP contribution >= 0.6 is 0 Å². The normalized spacial score (nSPS) is 48.0. The number of hydrogen-bond donors (Lipinski definition) is 2. The fraction of sp³-hybridized carbons (Fsp3) is 0.810. The molecule has 0 aliphatic heterocycles. The maximum Gasteiger partial charge on any atom is 0.166 e. The van der Waals surface area contributed by atoms with E-state index in [1.54, 1.807) is 5.57 Å². The van der Waals surface area contributed by atoms with Crippen molar-refractivity contribution in [2.45, 2.75) is 77.9 Å². The van der Waals surface area contributed by atoms with Crippen molar-refractivity contribution in [1.29, 1.82) is 0 Å². The van der Waals surface area contributed by atoms with Crippen LogP contribution in [0.15, 0.2) is 23.3 Å². The van der Waals surface area contributed by atoms with E-state index in [1.165, 1.54) is 37.7 Å². The summed E-state index contributed by atoms with van der Waals surface area (Å²) in [5, 5.41) is 20.2. The number of fused-ring (bicyclic) bond motifs is 5. The zero-order chi connectivity index (χ0) is 16.5. The SMILES string of the molecule is CC[C@H]1CC[C@H]2C3=CC=C4CC(O)(O)CC[C@]4(C)[C@H]3CC[C@]12C.